The lowest BCUT2D eigenvalue weighted by Crippen LogP contribution is -2.49. The van der Waals surface area contributed by atoms with E-state index in [1.165, 1.54) is 147 Å². The summed E-state index contributed by atoms with van der Waals surface area (Å²) in [4.78, 5) is 0. The van der Waals surface area contributed by atoms with Crippen LogP contribution in [0, 0.1) is 176 Å². The number of hydrogen-bond acceptors (Lipinski definition) is 0. The van der Waals surface area contributed by atoms with Crippen LogP contribution in [0.25, 0.3) is 0 Å². The summed E-state index contributed by atoms with van der Waals surface area (Å²) in [6.45, 7) is 110. The van der Waals surface area contributed by atoms with Crippen molar-refractivity contribution in [3.63, 3.8) is 0 Å². The van der Waals surface area contributed by atoms with Gasteiger partial charge in [-0.25, -0.2) is 0 Å². The molecule has 0 N–H and O–H groups in total. The Hall–Kier alpha value is -0.520. The summed E-state index contributed by atoms with van der Waals surface area (Å²) < 4.78 is 0. The van der Waals surface area contributed by atoms with Gasteiger partial charge < -0.3 is 0 Å². The van der Waals surface area contributed by atoms with Gasteiger partial charge in [0, 0.05) is 0 Å². The molecule has 2 bridgehead atoms. The highest BCUT2D eigenvalue weighted by Gasteiger charge is 2.56. The molecule has 0 heterocycles. The van der Waals surface area contributed by atoms with Crippen molar-refractivity contribution in [2.75, 3.05) is 0 Å². The third-order valence-electron chi connectivity index (χ3n) is 30.4. The molecule has 99 heavy (non-hydrogen) atoms. The summed E-state index contributed by atoms with van der Waals surface area (Å²) in [7, 11) is 0. The largest absolute Gasteiger partial charge is 0.103 e. The smallest absolute Gasteiger partial charge is 0.0205 e. The van der Waals surface area contributed by atoms with E-state index in [0.717, 1.165) is 101 Å². The minimum Gasteiger partial charge on any atom is -0.103 e. The summed E-state index contributed by atoms with van der Waals surface area (Å²) in [5, 5.41) is 0. The van der Waals surface area contributed by atoms with Gasteiger partial charge in [0.25, 0.3) is 0 Å². The molecule has 0 aromatic carbocycles. The highest BCUT2D eigenvalue weighted by Crippen LogP contribution is 2.64. The molecule has 7 aliphatic carbocycles. The molecule has 0 aliphatic heterocycles. The van der Waals surface area contributed by atoms with Crippen molar-refractivity contribution in [3.05, 3.63) is 24.8 Å². The van der Waals surface area contributed by atoms with Crippen LogP contribution < -0.4 is 0 Å². The summed E-state index contributed by atoms with van der Waals surface area (Å²) in [5.74, 6) is 15.2. The minimum atomic E-state index is 0.380. The molecule has 0 radical (unpaired) electrons. The van der Waals surface area contributed by atoms with Gasteiger partial charge in [-0.1, -0.05) is 341 Å². The van der Waals surface area contributed by atoms with Crippen molar-refractivity contribution < 1.29 is 0 Å². The van der Waals surface area contributed by atoms with Gasteiger partial charge in [0.05, 0.1) is 0 Å². The Morgan fingerprint density at radius 1 is 0.364 bits per heavy atom. The van der Waals surface area contributed by atoms with Gasteiger partial charge in [-0.05, 0) is 286 Å². The van der Waals surface area contributed by atoms with Gasteiger partial charge in [-0.2, -0.15) is 0 Å². The van der Waals surface area contributed by atoms with Crippen LogP contribution in [0.4, 0.5) is 0 Å². The Morgan fingerprint density at radius 3 is 1.00 bits per heavy atom. The quantitative estimate of drug-likeness (QED) is 0.246. The van der Waals surface area contributed by atoms with Gasteiger partial charge in [0.1, 0.15) is 0 Å². The number of rotatable bonds is 4. The first-order valence-corrected chi connectivity index (χ1v) is 43.3. The predicted octanol–water partition coefficient (Wildman–Crippen LogP) is 33.5. The molecule has 0 saturated heterocycles. The molecule has 18 atom stereocenters. The second-order valence-corrected chi connectivity index (χ2v) is 50.1. The molecular weight excluding hydrogens is 1190 g/mol. The van der Waals surface area contributed by atoms with Crippen LogP contribution in [0.15, 0.2) is 24.8 Å². The zero-order valence-electron chi connectivity index (χ0n) is 76.9. The third kappa shape index (κ3) is 27.0. The van der Waals surface area contributed by atoms with E-state index in [9.17, 15) is 0 Å². The van der Waals surface area contributed by atoms with E-state index >= 15 is 0 Å². The summed E-state index contributed by atoms with van der Waals surface area (Å²) in [6.07, 6.45) is 33.5. The fraction of sp³-hybridized carbons (Fsp3) is 0.960. The van der Waals surface area contributed by atoms with Crippen molar-refractivity contribution in [3.8, 4) is 0 Å². The summed E-state index contributed by atoms with van der Waals surface area (Å²) in [5.41, 5.74) is 7.74. The van der Waals surface area contributed by atoms with Gasteiger partial charge in [0.2, 0.25) is 0 Å². The van der Waals surface area contributed by atoms with Crippen LogP contribution in [0.3, 0.4) is 0 Å². The SMILES string of the molecule is C=C(C)C1CCC(C)(C(C)(C)C)C(C(C)(C)C)C1.C=CC1CCC(C(C)(C)C)C(C(C)(C)C)C1.CC(C)(C)C1C2CCC(C2)C1C(C)(C)C.CC(C)(C)C1CCCCCCC1C(C)(C)C.CC(C)C1CCC(C)(C(C)(C)C)C(C(C)(C)C)C1.CCC1CCC(C(C)(C)C)C(C(C)(C)C)C1. The molecule has 588 valence electrons. The molecule has 7 saturated carbocycles. The molecule has 0 aromatic rings. The van der Waals surface area contributed by atoms with E-state index in [-0.39, 0.29) is 0 Å². The van der Waals surface area contributed by atoms with Crippen molar-refractivity contribution in [1.82, 2.24) is 0 Å². The van der Waals surface area contributed by atoms with E-state index < -0.39 is 0 Å². The fourth-order valence-corrected chi connectivity index (χ4v) is 23.5. The first kappa shape index (κ1) is 94.6. The normalized spacial score (nSPS) is 34.2. The first-order valence-electron chi connectivity index (χ1n) is 43.3. The monoisotopic (exact) mass is 1380 g/mol. The summed E-state index contributed by atoms with van der Waals surface area (Å²) in [6, 6.07) is 0. The molecule has 0 heteroatoms. The lowest BCUT2D eigenvalue weighted by Gasteiger charge is -2.57. The van der Waals surface area contributed by atoms with Gasteiger partial charge in [-0.15, -0.1) is 6.58 Å². The maximum absolute atomic E-state index is 4.21. The maximum atomic E-state index is 4.21. The molecule has 0 aromatic heterocycles. The zero-order chi connectivity index (χ0) is 77.7. The standard InChI is InChI=1S/C18H36.C18H34.2C16H32.C16H30.C15H28/c2*1-13(2)14-10-11-18(9,17(6,7)8)15(12-14)16(3,4)5;1-15(2,3)13-11-9-7-8-10-12-14(13)16(4,5)6;2*1-8-12-9-10-13(15(2,3)4)14(11-12)16(5,6)7;1-14(2,3)12-10-7-8-11(9-10)13(12)15(4,5)6/h13-15H,10-12H2,1-9H3;14-15H,1,10-12H2,2-9H3;13-14H,7-12H2,1-6H3;12-14H,8-11H2,1-7H3;8,12-14H,1,9-11H2,2-7H3;10-13H,7-9H2,1-6H3. The van der Waals surface area contributed by atoms with Crippen molar-refractivity contribution in [2.45, 2.75) is 432 Å². The van der Waals surface area contributed by atoms with Gasteiger partial charge >= 0.3 is 0 Å². The van der Waals surface area contributed by atoms with E-state index in [4.69, 9.17) is 0 Å². The van der Waals surface area contributed by atoms with E-state index in [2.05, 4.69) is 310 Å². The zero-order valence-corrected chi connectivity index (χ0v) is 76.9. The predicted molar refractivity (Wildman–Crippen MR) is 453 cm³/mol. The van der Waals surface area contributed by atoms with Crippen LogP contribution in [-0.4, -0.2) is 0 Å². The Labute approximate surface area is 629 Å². The number of allylic oxidation sites excluding steroid dienone is 2. The van der Waals surface area contributed by atoms with E-state index in [1.54, 1.807) is 0 Å². The molecule has 0 spiro atoms. The van der Waals surface area contributed by atoms with Crippen LogP contribution in [0.2, 0.25) is 0 Å². The van der Waals surface area contributed by atoms with Crippen molar-refractivity contribution in [1.29, 1.82) is 0 Å². The highest BCUT2D eigenvalue weighted by molar-refractivity contribution is 5.08. The van der Waals surface area contributed by atoms with Crippen LogP contribution in [0.1, 0.15) is 432 Å². The molecular formula is C99H192. The third-order valence-corrected chi connectivity index (χ3v) is 30.4. The Morgan fingerprint density at radius 2 is 0.697 bits per heavy atom. The van der Waals surface area contributed by atoms with Crippen LogP contribution >= 0.6 is 0 Å². The van der Waals surface area contributed by atoms with E-state index in [0.29, 0.717) is 75.8 Å². The average Bonchev–Trinajstić information content (AvgIpc) is 1.74. The molecule has 7 aliphatic rings. The van der Waals surface area contributed by atoms with Gasteiger partial charge in [0.15, 0.2) is 0 Å². The minimum absolute atomic E-state index is 0.380. The lowest BCUT2D eigenvalue weighted by molar-refractivity contribution is -0.0787. The van der Waals surface area contributed by atoms with Crippen LogP contribution in [0.5, 0.6) is 0 Å². The van der Waals surface area contributed by atoms with Gasteiger partial charge in [-0.3, -0.25) is 0 Å². The maximum Gasteiger partial charge on any atom is -0.0205 e. The van der Waals surface area contributed by atoms with Crippen LogP contribution in [-0.2, 0) is 0 Å². The highest BCUT2D eigenvalue weighted by atomic mass is 14.6. The average molecular weight is 1380 g/mol. The Kier molecular flexibility index (Phi) is 33.7. The Bertz CT molecular complexity index is 2260. The van der Waals surface area contributed by atoms with E-state index in [1.807, 2.05) is 0 Å². The van der Waals surface area contributed by atoms with Crippen molar-refractivity contribution in [2.24, 2.45) is 176 Å². The summed E-state index contributed by atoms with van der Waals surface area (Å²) >= 11 is 0. The molecule has 18 unspecified atom stereocenters. The number of hydrogen-bond donors (Lipinski definition) is 0. The lowest BCUT2D eigenvalue weighted by atomic mass is 9.48. The first-order chi connectivity index (χ1) is 44.0. The molecule has 0 amide bonds. The number of fused-ring (bicyclic) bond motifs is 2. The van der Waals surface area contributed by atoms with Crippen molar-refractivity contribution >= 4 is 0 Å². The second kappa shape index (κ2) is 35.2. The Balaban J connectivity index is 0.000000404. The topological polar surface area (TPSA) is 0 Å². The molecule has 7 fully saturated rings. The molecule has 0 nitrogen and oxygen atoms in total. The fourth-order valence-electron chi connectivity index (χ4n) is 23.5. The second-order valence-electron chi connectivity index (χ2n) is 50.1. The molecule has 7 rings (SSSR count).